The first kappa shape index (κ1) is 22.3. The zero-order valence-corrected chi connectivity index (χ0v) is 17.2. The third kappa shape index (κ3) is 6.15. The van der Waals surface area contributed by atoms with Crippen molar-refractivity contribution in [3.63, 3.8) is 0 Å². The summed E-state index contributed by atoms with van der Waals surface area (Å²) in [6, 6.07) is 16.4. The second-order valence-electron chi connectivity index (χ2n) is 5.62. The summed E-state index contributed by atoms with van der Waals surface area (Å²) in [4.78, 5) is 5.39. The van der Waals surface area contributed by atoms with Crippen LogP contribution < -0.4 is 11.2 Å². The van der Waals surface area contributed by atoms with E-state index in [1.807, 2.05) is 65.0 Å². The monoisotopic (exact) mass is 364 g/mol. The standard InChI is InChI=1S/C20H20N2O.2C2H6/c1-14(2)20-17-12-16(9-8-15-6-4-3-5-7-15)10-11-19(17)22-23-13-18(20)21;2*1-2/h3-12,22H,1,13,21H2,2H3;2*1-2H3/b9-8+;;. The summed E-state index contributed by atoms with van der Waals surface area (Å²) in [5.74, 6) is 0. The highest BCUT2D eigenvalue weighted by molar-refractivity contribution is 5.88. The van der Waals surface area contributed by atoms with Crippen molar-refractivity contribution in [1.82, 2.24) is 0 Å². The molecule has 0 saturated heterocycles. The molecule has 0 radical (unpaired) electrons. The van der Waals surface area contributed by atoms with Gasteiger partial charge in [-0.25, -0.2) is 0 Å². The minimum Gasteiger partial charge on any atom is -0.400 e. The van der Waals surface area contributed by atoms with E-state index in [4.69, 9.17) is 10.6 Å². The first-order valence-electron chi connectivity index (χ1n) is 9.55. The van der Waals surface area contributed by atoms with Crippen LogP contribution in [-0.4, -0.2) is 6.61 Å². The van der Waals surface area contributed by atoms with Crippen LogP contribution in [0, 0.1) is 0 Å². The molecule has 1 aliphatic heterocycles. The summed E-state index contributed by atoms with van der Waals surface area (Å²) in [6.45, 7) is 14.4. The molecular formula is C24H32N2O. The van der Waals surface area contributed by atoms with E-state index in [0.717, 1.165) is 28.0 Å². The van der Waals surface area contributed by atoms with Gasteiger partial charge in [-0.05, 0) is 35.8 Å². The fourth-order valence-electron chi connectivity index (χ4n) is 2.66. The van der Waals surface area contributed by atoms with Crippen LogP contribution in [0.4, 0.5) is 5.69 Å². The lowest BCUT2D eigenvalue weighted by molar-refractivity contribution is 0.221. The molecule has 144 valence electrons. The van der Waals surface area contributed by atoms with Crippen LogP contribution in [0.1, 0.15) is 51.3 Å². The van der Waals surface area contributed by atoms with Gasteiger partial charge in [-0.3, -0.25) is 10.3 Å². The molecular weight excluding hydrogens is 332 g/mol. The minimum atomic E-state index is 0.339. The number of hydrogen-bond donors (Lipinski definition) is 2. The lowest BCUT2D eigenvalue weighted by atomic mass is 9.95. The molecule has 1 aliphatic rings. The molecule has 1 heterocycles. The van der Waals surface area contributed by atoms with Gasteiger partial charge in [0.05, 0.1) is 5.69 Å². The molecule has 0 unspecified atom stereocenters. The molecule has 27 heavy (non-hydrogen) atoms. The van der Waals surface area contributed by atoms with E-state index < -0.39 is 0 Å². The number of nitrogens with two attached hydrogens (primary N) is 1. The molecule has 3 nitrogen and oxygen atoms in total. The van der Waals surface area contributed by atoms with E-state index in [-0.39, 0.29) is 0 Å². The molecule has 0 bridgehead atoms. The van der Waals surface area contributed by atoms with E-state index in [1.165, 1.54) is 5.56 Å². The lowest BCUT2D eigenvalue weighted by Crippen LogP contribution is -2.09. The fraction of sp³-hybridized carbons (Fsp3) is 0.250. The first-order valence-corrected chi connectivity index (χ1v) is 9.55. The molecule has 0 saturated carbocycles. The number of fused-ring (bicyclic) bond motifs is 1. The van der Waals surface area contributed by atoms with Gasteiger partial charge in [-0.2, -0.15) is 0 Å². The van der Waals surface area contributed by atoms with E-state index in [1.54, 1.807) is 0 Å². The Bertz CT molecular complexity index is 789. The molecule has 0 fully saturated rings. The zero-order chi connectivity index (χ0) is 20.2. The molecule has 2 aromatic rings. The average Bonchev–Trinajstić information content (AvgIpc) is 2.88. The summed E-state index contributed by atoms with van der Waals surface area (Å²) < 4.78 is 0. The third-order valence-corrected chi connectivity index (χ3v) is 3.74. The quantitative estimate of drug-likeness (QED) is 0.610. The van der Waals surface area contributed by atoms with Crippen molar-refractivity contribution in [2.24, 2.45) is 5.73 Å². The van der Waals surface area contributed by atoms with Gasteiger partial charge in [0.25, 0.3) is 0 Å². The number of anilines is 1. The van der Waals surface area contributed by atoms with Crippen LogP contribution in [0.2, 0.25) is 0 Å². The summed E-state index contributed by atoms with van der Waals surface area (Å²) in [5, 5.41) is 0. The fourth-order valence-corrected chi connectivity index (χ4v) is 2.66. The van der Waals surface area contributed by atoms with Gasteiger partial charge >= 0.3 is 0 Å². The van der Waals surface area contributed by atoms with Crippen LogP contribution in [0.25, 0.3) is 17.7 Å². The molecule has 0 aromatic heterocycles. The van der Waals surface area contributed by atoms with Crippen molar-refractivity contribution in [2.45, 2.75) is 34.6 Å². The number of nitrogens with one attached hydrogen (secondary N) is 1. The highest BCUT2D eigenvalue weighted by Gasteiger charge is 2.16. The Kier molecular flexibility index (Phi) is 9.70. The van der Waals surface area contributed by atoms with Crippen molar-refractivity contribution in [3.05, 3.63) is 83.1 Å². The topological polar surface area (TPSA) is 47.3 Å². The summed E-state index contributed by atoms with van der Waals surface area (Å²) in [7, 11) is 0. The Morgan fingerprint density at radius 3 is 2.26 bits per heavy atom. The van der Waals surface area contributed by atoms with Crippen molar-refractivity contribution in [3.8, 4) is 0 Å². The first-order chi connectivity index (χ1) is 13.1. The van der Waals surface area contributed by atoms with Crippen LogP contribution in [0.15, 0.2) is 66.4 Å². The summed E-state index contributed by atoms with van der Waals surface area (Å²) >= 11 is 0. The molecule has 0 atom stereocenters. The number of rotatable bonds is 3. The Labute approximate surface area is 164 Å². The Morgan fingerprint density at radius 1 is 1.00 bits per heavy atom. The highest BCUT2D eigenvalue weighted by Crippen LogP contribution is 2.33. The maximum atomic E-state index is 6.15. The molecule has 0 aliphatic carbocycles. The second-order valence-corrected chi connectivity index (χ2v) is 5.62. The van der Waals surface area contributed by atoms with Crippen molar-refractivity contribution >= 4 is 23.4 Å². The molecule has 2 aromatic carbocycles. The third-order valence-electron chi connectivity index (χ3n) is 3.74. The molecule has 3 heteroatoms. The number of hydrogen-bond acceptors (Lipinski definition) is 3. The Morgan fingerprint density at radius 2 is 1.63 bits per heavy atom. The predicted molar refractivity (Wildman–Crippen MR) is 120 cm³/mol. The maximum Gasteiger partial charge on any atom is 0.115 e. The van der Waals surface area contributed by atoms with E-state index in [2.05, 4.69) is 42.4 Å². The van der Waals surface area contributed by atoms with Crippen LogP contribution in [0.5, 0.6) is 0 Å². The molecule has 3 N–H and O–H groups in total. The number of allylic oxidation sites excluding steroid dienone is 2. The molecule has 3 rings (SSSR count). The molecule has 0 amide bonds. The van der Waals surface area contributed by atoms with Gasteiger partial charge in [0.1, 0.15) is 6.61 Å². The van der Waals surface area contributed by atoms with Gasteiger partial charge in [0.15, 0.2) is 0 Å². The van der Waals surface area contributed by atoms with E-state index in [9.17, 15) is 0 Å². The summed E-state index contributed by atoms with van der Waals surface area (Å²) in [6.07, 6.45) is 4.18. The van der Waals surface area contributed by atoms with Crippen LogP contribution >= 0.6 is 0 Å². The predicted octanol–water partition coefficient (Wildman–Crippen LogP) is 6.51. The minimum absolute atomic E-state index is 0.339. The normalized spacial score (nSPS) is 12.6. The smallest absolute Gasteiger partial charge is 0.115 e. The zero-order valence-electron chi connectivity index (χ0n) is 17.2. The molecule has 0 spiro atoms. The van der Waals surface area contributed by atoms with E-state index in [0.29, 0.717) is 12.3 Å². The van der Waals surface area contributed by atoms with Gasteiger partial charge in [0.2, 0.25) is 0 Å². The SMILES string of the molecule is C=C(C)C1=C(N)CONc2ccc(/C=C/c3ccccc3)cc21.CC.CC. The highest BCUT2D eigenvalue weighted by atomic mass is 16.6. The summed E-state index contributed by atoms with van der Waals surface area (Å²) in [5.41, 5.74) is 15.9. The Balaban J connectivity index is 0.000000855. The van der Waals surface area contributed by atoms with Gasteiger partial charge < -0.3 is 5.73 Å². The van der Waals surface area contributed by atoms with Crippen molar-refractivity contribution in [2.75, 3.05) is 12.1 Å². The van der Waals surface area contributed by atoms with Crippen LogP contribution in [-0.2, 0) is 4.84 Å². The second kappa shape index (κ2) is 11.8. The van der Waals surface area contributed by atoms with E-state index >= 15 is 0 Å². The largest absolute Gasteiger partial charge is 0.400 e. The lowest BCUT2D eigenvalue weighted by Gasteiger charge is -2.12. The van der Waals surface area contributed by atoms with Gasteiger partial charge in [-0.1, -0.05) is 82.8 Å². The average molecular weight is 365 g/mol. The van der Waals surface area contributed by atoms with Crippen LogP contribution in [0.3, 0.4) is 0 Å². The van der Waals surface area contributed by atoms with Crippen molar-refractivity contribution in [1.29, 1.82) is 0 Å². The maximum absolute atomic E-state index is 6.15. The van der Waals surface area contributed by atoms with Gasteiger partial charge in [0, 0.05) is 16.8 Å². The Hall–Kier alpha value is -2.78. The number of benzene rings is 2. The van der Waals surface area contributed by atoms with Gasteiger partial charge in [-0.15, -0.1) is 0 Å². The van der Waals surface area contributed by atoms with Crippen molar-refractivity contribution < 1.29 is 4.84 Å².